The van der Waals surface area contributed by atoms with Crippen molar-refractivity contribution in [1.82, 2.24) is 4.90 Å². The summed E-state index contributed by atoms with van der Waals surface area (Å²) in [4.78, 5) is 2.56. The smallest absolute Gasteiger partial charge is 0.0478 e. The molecular weight excluding hydrogens is 371 g/mol. The number of halogens is 1. The normalized spacial score (nSPS) is 19.4. The highest BCUT2D eigenvalue weighted by Crippen LogP contribution is 2.21. The van der Waals surface area contributed by atoms with Crippen LogP contribution in [0.25, 0.3) is 0 Å². The maximum Gasteiger partial charge on any atom is 0.0478 e. The van der Waals surface area contributed by atoms with Crippen molar-refractivity contribution in [1.29, 1.82) is 0 Å². The number of hydrogen-bond donors (Lipinski definition) is 1. The van der Waals surface area contributed by atoms with Crippen LogP contribution in [0.4, 0.5) is 5.69 Å². The van der Waals surface area contributed by atoms with E-state index >= 15 is 0 Å². The van der Waals surface area contributed by atoms with Gasteiger partial charge in [0, 0.05) is 28.4 Å². The zero-order valence-corrected chi connectivity index (χ0v) is 14.3. The molecule has 0 amide bonds. The van der Waals surface area contributed by atoms with Crippen molar-refractivity contribution in [2.75, 3.05) is 18.4 Å². The molecule has 0 aliphatic carbocycles. The van der Waals surface area contributed by atoms with Gasteiger partial charge in [0.25, 0.3) is 0 Å². The summed E-state index contributed by atoms with van der Waals surface area (Å²) in [5.74, 6) is 0. The van der Waals surface area contributed by atoms with Gasteiger partial charge in [-0.25, -0.2) is 0 Å². The number of anilines is 1. The molecule has 0 aromatic heterocycles. The summed E-state index contributed by atoms with van der Waals surface area (Å²) in [6, 6.07) is 19.9. The highest BCUT2D eigenvalue weighted by Gasteiger charge is 2.20. The van der Waals surface area contributed by atoms with Crippen molar-refractivity contribution in [3.05, 3.63) is 63.7 Å². The Labute approximate surface area is 140 Å². The van der Waals surface area contributed by atoms with Crippen LogP contribution in [0.2, 0.25) is 0 Å². The summed E-state index contributed by atoms with van der Waals surface area (Å²) in [5, 5.41) is 3.72. The average molecular weight is 392 g/mol. The van der Waals surface area contributed by atoms with Crippen LogP contribution in [0, 0.1) is 3.57 Å². The fourth-order valence-corrected chi connectivity index (χ4v) is 3.50. The van der Waals surface area contributed by atoms with Gasteiger partial charge in [0.1, 0.15) is 0 Å². The Morgan fingerprint density at radius 1 is 1.05 bits per heavy atom. The lowest BCUT2D eigenvalue weighted by Crippen LogP contribution is -2.41. The number of benzene rings is 2. The molecule has 110 valence electrons. The molecule has 2 nitrogen and oxygen atoms in total. The number of para-hydroxylation sites is 1. The second-order valence-corrected chi connectivity index (χ2v) is 6.85. The van der Waals surface area contributed by atoms with E-state index in [2.05, 4.69) is 87.4 Å². The Bertz CT molecular complexity index is 570. The zero-order valence-electron chi connectivity index (χ0n) is 12.1. The standard InChI is InChI=1S/C18H21IN2/c19-17-10-4-5-11-18(17)20-16-9-6-12-21(14-16)13-15-7-2-1-3-8-15/h1-5,7-8,10-11,16,20H,6,9,12-14H2. The third-order valence-corrected chi connectivity index (χ3v) is 4.93. The highest BCUT2D eigenvalue weighted by molar-refractivity contribution is 14.1. The number of nitrogens with zero attached hydrogens (tertiary/aromatic N) is 1. The number of piperidine rings is 1. The van der Waals surface area contributed by atoms with Crippen LogP contribution < -0.4 is 5.32 Å². The lowest BCUT2D eigenvalue weighted by atomic mass is 10.0. The second-order valence-electron chi connectivity index (χ2n) is 5.68. The van der Waals surface area contributed by atoms with Crippen LogP contribution in [0.3, 0.4) is 0 Å². The Balaban J connectivity index is 1.60. The quantitative estimate of drug-likeness (QED) is 0.778. The lowest BCUT2D eigenvalue weighted by molar-refractivity contribution is 0.208. The van der Waals surface area contributed by atoms with Gasteiger partial charge in [-0.1, -0.05) is 42.5 Å². The highest BCUT2D eigenvalue weighted by atomic mass is 127. The van der Waals surface area contributed by atoms with E-state index in [1.807, 2.05) is 0 Å². The van der Waals surface area contributed by atoms with Crippen molar-refractivity contribution in [3.8, 4) is 0 Å². The van der Waals surface area contributed by atoms with E-state index in [0.29, 0.717) is 6.04 Å². The topological polar surface area (TPSA) is 15.3 Å². The number of rotatable bonds is 4. The molecule has 21 heavy (non-hydrogen) atoms. The Morgan fingerprint density at radius 3 is 2.62 bits per heavy atom. The molecule has 3 heteroatoms. The van der Waals surface area contributed by atoms with Gasteiger partial charge in [0.05, 0.1) is 0 Å². The first kappa shape index (κ1) is 14.9. The number of likely N-dealkylation sites (tertiary alicyclic amines) is 1. The predicted molar refractivity (Wildman–Crippen MR) is 97.5 cm³/mol. The first-order valence-corrected chi connectivity index (χ1v) is 8.66. The van der Waals surface area contributed by atoms with Crippen molar-refractivity contribution >= 4 is 28.3 Å². The molecule has 1 aliphatic heterocycles. The minimum Gasteiger partial charge on any atom is -0.380 e. The van der Waals surface area contributed by atoms with Crippen molar-refractivity contribution in [3.63, 3.8) is 0 Å². The van der Waals surface area contributed by atoms with Crippen LogP contribution in [0.1, 0.15) is 18.4 Å². The molecule has 1 aliphatic rings. The Kier molecular flexibility index (Phi) is 5.14. The minimum atomic E-state index is 0.554. The Hall–Kier alpha value is -1.07. The van der Waals surface area contributed by atoms with Gasteiger partial charge < -0.3 is 5.32 Å². The maximum absolute atomic E-state index is 3.72. The summed E-state index contributed by atoms with van der Waals surface area (Å²) in [7, 11) is 0. The van der Waals surface area contributed by atoms with Crippen molar-refractivity contribution < 1.29 is 0 Å². The molecule has 0 saturated carbocycles. The van der Waals surface area contributed by atoms with E-state index in [1.165, 1.54) is 34.2 Å². The van der Waals surface area contributed by atoms with Gasteiger partial charge in [-0.05, 0) is 59.7 Å². The number of nitrogens with one attached hydrogen (secondary N) is 1. The van der Waals surface area contributed by atoms with Crippen molar-refractivity contribution in [2.45, 2.75) is 25.4 Å². The molecule has 0 bridgehead atoms. The SMILES string of the molecule is Ic1ccccc1NC1CCCN(Cc2ccccc2)C1. The molecule has 1 fully saturated rings. The van der Waals surface area contributed by atoms with E-state index in [9.17, 15) is 0 Å². The van der Waals surface area contributed by atoms with Gasteiger partial charge >= 0.3 is 0 Å². The summed E-state index contributed by atoms with van der Waals surface area (Å²) in [6.07, 6.45) is 2.53. The first-order valence-electron chi connectivity index (χ1n) is 7.58. The minimum absolute atomic E-state index is 0.554. The monoisotopic (exact) mass is 392 g/mol. The first-order chi connectivity index (χ1) is 10.3. The molecule has 0 radical (unpaired) electrons. The summed E-state index contributed by atoms with van der Waals surface area (Å²) in [6.45, 7) is 3.39. The second kappa shape index (κ2) is 7.27. The van der Waals surface area contributed by atoms with E-state index in [-0.39, 0.29) is 0 Å². The fraction of sp³-hybridized carbons (Fsp3) is 0.333. The third kappa shape index (κ3) is 4.20. The van der Waals surface area contributed by atoms with E-state index in [1.54, 1.807) is 0 Å². The van der Waals surface area contributed by atoms with Crippen molar-refractivity contribution in [2.24, 2.45) is 0 Å². The number of hydrogen-bond acceptors (Lipinski definition) is 2. The molecule has 0 spiro atoms. The van der Waals surface area contributed by atoms with Gasteiger partial charge in [-0.15, -0.1) is 0 Å². The van der Waals surface area contributed by atoms with E-state index in [0.717, 1.165) is 13.1 Å². The predicted octanol–water partition coefficient (Wildman–Crippen LogP) is 4.37. The molecule has 1 saturated heterocycles. The van der Waals surface area contributed by atoms with Gasteiger partial charge in [0.2, 0.25) is 0 Å². The maximum atomic E-state index is 3.72. The molecule has 1 heterocycles. The average Bonchev–Trinajstić information content (AvgIpc) is 2.51. The van der Waals surface area contributed by atoms with Gasteiger partial charge in [0.15, 0.2) is 0 Å². The van der Waals surface area contributed by atoms with E-state index < -0.39 is 0 Å². The molecule has 1 atom stereocenters. The summed E-state index contributed by atoms with van der Waals surface area (Å²) in [5.41, 5.74) is 2.68. The molecule has 1 unspecified atom stereocenters. The van der Waals surface area contributed by atoms with Gasteiger partial charge in [-0.2, -0.15) is 0 Å². The summed E-state index contributed by atoms with van der Waals surface area (Å²) < 4.78 is 1.30. The van der Waals surface area contributed by atoms with Crippen LogP contribution in [-0.4, -0.2) is 24.0 Å². The fourth-order valence-electron chi connectivity index (χ4n) is 2.96. The van der Waals surface area contributed by atoms with Gasteiger partial charge in [-0.3, -0.25) is 4.90 Å². The molecule has 2 aromatic carbocycles. The van der Waals surface area contributed by atoms with Crippen LogP contribution >= 0.6 is 22.6 Å². The Morgan fingerprint density at radius 2 is 1.81 bits per heavy atom. The van der Waals surface area contributed by atoms with Crippen LogP contribution in [0.5, 0.6) is 0 Å². The molecule has 2 aromatic rings. The lowest BCUT2D eigenvalue weighted by Gasteiger charge is -2.34. The van der Waals surface area contributed by atoms with Crippen LogP contribution in [0.15, 0.2) is 54.6 Å². The van der Waals surface area contributed by atoms with Crippen LogP contribution in [-0.2, 0) is 6.54 Å². The third-order valence-electron chi connectivity index (χ3n) is 3.99. The molecule has 1 N–H and O–H groups in total. The summed E-state index contributed by atoms with van der Waals surface area (Å²) >= 11 is 2.40. The zero-order chi connectivity index (χ0) is 14.5. The van der Waals surface area contributed by atoms with E-state index in [4.69, 9.17) is 0 Å². The molecular formula is C18H21IN2. The largest absolute Gasteiger partial charge is 0.380 e. The molecule has 3 rings (SSSR count).